The van der Waals surface area contributed by atoms with Crippen LogP contribution in [0.2, 0.25) is 0 Å². The fraction of sp³-hybridized carbons (Fsp3) is 0.250. The average Bonchev–Trinajstić information content (AvgIpc) is 2.97. The molecule has 0 bridgehead atoms. The fourth-order valence-corrected chi connectivity index (χ4v) is 4.94. The number of nitrogens with one attached hydrogen (secondary N) is 2. The molecule has 1 heterocycles. The summed E-state index contributed by atoms with van der Waals surface area (Å²) in [4.78, 5) is 27.8. The van der Waals surface area contributed by atoms with Crippen molar-refractivity contribution in [3.63, 3.8) is 0 Å². The van der Waals surface area contributed by atoms with E-state index in [1.165, 1.54) is 5.56 Å². The molecular weight excluding hydrogens is 474 g/mol. The molecule has 1 aliphatic heterocycles. The number of carbonyl (C=O) groups excluding carboxylic acids is 2. The van der Waals surface area contributed by atoms with Crippen molar-refractivity contribution < 1.29 is 14.3 Å². The number of likely N-dealkylation sites (tertiary alicyclic amines) is 1. The monoisotopic (exact) mass is 507 g/mol. The van der Waals surface area contributed by atoms with Gasteiger partial charge in [-0.25, -0.2) is 0 Å². The third-order valence-electron chi connectivity index (χ3n) is 7.12. The van der Waals surface area contributed by atoms with E-state index in [0.29, 0.717) is 23.4 Å². The highest BCUT2D eigenvalue weighted by molar-refractivity contribution is 5.98. The Morgan fingerprint density at radius 3 is 2.34 bits per heavy atom. The summed E-state index contributed by atoms with van der Waals surface area (Å²) < 4.78 is 5.23. The van der Waals surface area contributed by atoms with Crippen molar-refractivity contribution in [2.45, 2.75) is 32.0 Å². The molecule has 0 saturated carbocycles. The van der Waals surface area contributed by atoms with Gasteiger partial charge in [0.15, 0.2) is 0 Å². The minimum atomic E-state index is -0.0702. The molecule has 2 amide bonds. The topological polar surface area (TPSA) is 70.7 Å². The van der Waals surface area contributed by atoms with E-state index < -0.39 is 0 Å². The number of nitrogens with zero attached hydrogens (tertiary/aromatic N) is 1. The Labute approximate surface area is 223 Å². The lowest BCUT2D eigenvalue weighted by Crippen LogP contribution is -2.44. The molecule has 4 aromatic rings. The second-order valence-corrected chi connectivity index (χ2v) is 9.82. The highest BCUT2D eigenvalue weighted by atomic mass is 16.5. The zero-order valence-corrected chi connectivity index (χ0v) is 21.7. The van der Waals surface area contributed by atoms with Crippen LogP contribution in [-0.2, 0) is 13.1 Å². The highest BCUT2D eigenvalue weighted by Gasteiger charge is 2.21. The minimum absolute atomic E-state index is 0.0551. The van der Waals surface area contributed by atoms with E-state index in [9.17, 15) is 9.59 Å². The second kappa shape index (κ2) is 11.9. The van der Waals surface area contributed by atoms with E-state index in [-0.39, 0.29) is 17.9 Å². The first-order chi connectivity index (χ1) is 18.6. The molecule has 4 aromatic carbocycles. The molecule has 1 aliphatic rings. The van der Waals surface area contributed by atoms with Crippen molar-refractivity contribution in [2.75, 3.05) is 20.2 Å². The second-order valence-electron chi connectivity index (χ2n) is 9.82. The van der Waals surface area contributed by atoms with E-state index in [2.05, 4.69) is 33.7 Å². The van der Waals surface area contributed by atoms with E-state index in [0.717, 1.165) is 48.8 Å². The van der Waals surface area contributed by atoms with Gasteiger partial charge in [-0.1, -0.05) is 54.6 Å². The predicted molar refractivity (Wildman–Crippen MR) is 150 cm³/mol. The van der Waals surface area contributed by atoms with Crippen molar-refractivity contribution in [3.8, 4) is 5.75 Å². The number of ether oxygens (including phenoxy) is 1. The van der Waals surface area contributed by atoms with Crippen molar-refractivity contribution in [2.24, 2.45) is 0 Å². The quantitative estimate of drug-likeness (QED) is 0.345. The Kier molecular flexibility index (Phi) is 8.00. The van der Waals surface area contributed by atoms with Crippen LogP contribution in [0.4, 0.5) is 0 Å². The van der Waals surface area contributed by atoms with Gasteiger partial charge in [-0.2, -0.15) is 0 Å². The molecule has 38 heavy (non-hydrogen) atoms. The maximum Gasteiger partial charge on any atom is 0.251 e. The number of hydrogen-bond acceptors (Lipinski definition) is 4. The molecule has 0 radical (unpaired) electrons. The third kappa shape index (κ3) is 6.39. The first kappa shape index (κ1) is 25.5. The normalized spacial score (nSPS) is 14.2. The molecule has 0 aliphatic carbocycles. The third-order valence-corrected chi connectivity index (χ3v) is 7.12. The molecule has 5 rings (SSSR count). The summed E-state index contributed by atoms with van der Waals surface area (Å²) in [7, 11) is 1.60. The van der Waals surface area contributed by atoms with Gasteiger partial charge < -0.3 is 15.4 Å². The Hall–Kier alpha value is -4.16. The molecule has 1 fully saturated rings. The largest absolute Gasteiger partial charge is 0.497 e. The van der Waals surface area contributed by atoms with Gasteiger partial charge in [-0.15, -0.1) is 0 Å². The zero-order valence-electron chi connectivity index (χ0n) is 21.7. The first-order valence-corrected chi connectivity index (χ1v) is 13.1. The van der Waals surface area contributed by atoms with E-state index in [1.54, 1.807) is 13.2 Å². The fourth-order valence-electron chi connectivity index (χ4n) is 4.94. The zero-order chi connectivity index (χ0) is 26.3. The van der Waals surface area contributed by atoms with Crippen LogP contribution in [0.25, 0.3) is 10.8 Å². The molecule has 1 saturated heterocycles. The lowest BCUT2D eigenvalue weighted by molar-refractivity contribution is 0.0907. The molecule has 6 heteroatoms. The number of methoxy groups -OCH3 is 1. The van der Waals surface area contributed by atoms with Crippen molar-refractivity contribution in [1.82, 2.24) is 15.5 Å². The van der Waals surface area contributed by atoms with Gasteiger partial charge in [0, 0.05) is 43.3 Å². The van der Waals surface area contributed by atoms with Gasteiger partial charge in [-0.05, 0) is 71.1 Å². The molecule has 6 nitrogen and oxygen atoms in total. The summed E-state index contributed by atoms with van der Waals surface area (Å²) in [6, 6.07) is 29.7. The smallest absolute Gasteiger partial charge is 0.251 e. The van der Waals surface area contributed by atoms with Crippen molar-refractivity contribution >= 4 is 22.6 Å². The molecule has 0 atom stereocenters. The van der Waals surface area contributed by atoms with E-state index in [1.807, 2.05) is 66.7 Å². The molecule has 0 unspecified atom stereocenters. The maximum absolute atomic E-state index is 12.7. The van der Waals surface area contributed by atoms with Gasteiger partial charge >= 0.3 is 0 Å². The summed E-state index contributed by atoms with van der Waals surface area (Å²) in [5.41, 5.74) is 3.58. The first-order valence-electron chi connectivity index (χ1n) is 13.1. The van der Waals surface area contributed by atoms with E-state index in [4.69, 9.17) is 4.74 Å². The van der Waals surface area contributed by atoms with Crippen LogP contribution >= 0.6 is 0 Å². The predicted octanol–water partition coefficient (Wildman–Crippen LogP) is 5.17. The Morgan fingerprint density at radius 2 is 1.55 bits per heavy atom. The lowest BCUT2D eigenvalue weighted by atomic mass is 10.0. The summed E-state index contributed by atoms with van der Waals surface area (Å²) in [6.07, 6.45) is 1.82. The van der Waals surface area contributed by atoms with Gasteiger partial charge in [0.2, 0.25) is 0 Å². The SMILES string of the molecule is COc1cccc(C(=O)NC2CCN(Cc3ccc4ccc(C(=O)NCc5ccccc5)cc4c3)CC2)c1. The van der Waals surface area contributed by atoms with Crippen LogP contribution in [-0.4, -0.2) is 43.0 Å². The standard InChI is InChI=1S/C32H33N3O3/c1-38-30-9-5-8-26(20-30)32(37)34-29-14-16-35(17-15-29)22-24-10-11-25-12-13-27(19-28(25)18-24)31(36)33-21-23-6-3-2-4-7-23/h2-13,18-20,29H,14-17,21-22H2,1H3,(H,33,36)(H,34,37). The van der Waals surface area contributed by atoms with Crippen molar-refractivity contribution in [1.29, 1.82) is 0 Å². The number of fused-ring (bicyclic) bond motifs is 1. The van der Waals surface area contributed by atoms with Crippen LogP contribution in [0.1, 0.15) is 44.7 Å². The van der Waals surface area contributed by atoms with Gasteiger partial charge in [-0.3, -0.25) is 14.5 Å². The number of rotatable bonds is 8. The molecule has 194 valence electrons. The number of amides is 2. The Balaban J connectivity index is 1.15. The molecule has 0 spiro atoms. The van der Waals surface area contributed by atoms with Gasteiger partial charge in [0.1, 0.15) is 5.75 Å². The maximum atomic E-state index is 12.7. The summed E-state index contributed by atoms with van der Waals surface area (Å²) >= 11 is 0. The van der Waals surface area contributed by atoms with Gasteiger partial charge in [0.25, 0.3) is 11.8 Å². The minimum Gasteiger partial charge on any atom is -0.497 e. The van der Waals surface area contributed by atoms with Gasteiger partial charge in [0.05, 0.1) is 7.11 Å². The summed E-state index contributed by atoms with van der Waals surface area (Å²) in [5, 5.41) is 8.37. The number of hydrogen-bond donors (Lipinski definition) is 2. The molecule has 2 N–H and O–H groups in total. The van der Waals surface area contributed by atoms with Crippen molar-refractivity contribution in [3.05, 3.63) is 113 Å². The highest BCUT2D eigenvalue weighted by Crippen LogP contribution is 2.21. The lowest BCUT2D eigenvalue weighted by Gasteiger charge is -2.32. The Bertz CT molecular complexity index is 1410. The molecular formula is C32H33N3O3. The Morgan fingerprint density at radius 1 is 0.789 bits per heavy atom. The van der Waals surface area contributed by atoms with E-state index >= 15 is 0 Å². The summed E-state index contributed by atoms with van der Waals surface area (Å²) in [6.45, 7) is 3.19. The summed E-state index contributed by atoms with van der Waals surface area (Å²) in [5.74, 6) is 0.558. The average molecular weight is 508 g/mol. The van der Waals surface area contributed by atoms with Crippen LogP contribution in [0.5, 0.6) is 5.75 Å². The van der Waals surface area contributed by atoms with Crippen LogP contribution in [0.15, 0.2) is 91.0 Å². The van der Waals surface area contributed by atoms with Crippen LogP contribution < -0.4 is 15.4 Å². The number of piperidine rings is 1. The van der Waals surface area contributed by atoms with Crippen LogP contribution in [0.3, 0.4) is 0 Å². The number of benzene rings is 4. The number of carbonyl (C=O) groups is 2. The van der Waals surface area contributed by atoms with Crippen LogP contribution in [0, 0.1) is 0 Å². The molecule has 0 aromatic heterocycles.